The minimum Gasteiger partial charge on any atom is -0.481 e. The van der Waals surface area contributed by atoms with E-state index in [1.54, 1.807) is 33.0 Å². The molecule has 0 aromatic carbocycles. The third kappa shape index (κ3) is 14.6. The molecule has 1 aliphatic carbocycles. The number of carbonyl (C=O) groups excluding carboxylic acids is 4. The molecule has 20 nitrogen and oxygen atoms in total. The molecule has 0 saturated carbocycles. The fourth-order valence-electron chi connectivity index (χ4n) is 7.98. The van der Waals surface area contributed by atoms with Crippen LogP contribution in [0.15, 0.2) is 24.4 Å². The number of carboxylic acids is 2. The van der Waals surface area contributed by atoms with Crippen LogP contribution < -0.4 is 10.1 Å². The molecule has 5 rings (SSSR count). The Morgan fingerprint density at radius 1 is 0.836 bits per heavy atom. The van der Waals surface area contributed by atoms with Crippen LogP contribution in [-0.2, 0) is 59.3 Å². The summed E-state index contributed by atoms with van der Waals surface area (Å²) in [6.45, 7) is 5.69. The van der Waals surface area contributed by atoms with Gasteiger partial charge in [0.15, 0.2) is 0 Å². The number of aryl methyl sites for hydroxylation is 3. The molecule has 0 unspecified atom stereocenters. The van der Waals surface area contributed by atoms with E-state index in [-0.39, 0.29) is 51.5 Å². The zero-order valence-electron chi connectivity index (χ0n) is 35.0. The third-order valence-corrected chi connectivity index (χ3v) is 11.3. The van der Waals surface area contributed by atoms with Gasteiger partial charge in [-0.25, -0.2) is 9.78 Å². The smallest absolute Gasteiger partial charge is 0.320 e. The number of amides is 3. The minimum absolute atomic E-state index is 0.0399. The van der Waals surface area contributed by atoms with Crippen LogP contribution in [-0.4, -0.2) is 192 Å². The molecule has 2 aromatic rings. The minimum atomic E-state index is -1.02. The molecule has 1 atom stereocenters. The van der Waals surface area contributed by atoms with Gasteiger partial charge in [-0.1, -0.05) is 12.1 Å². The molecular formula is C41H59N9O11. The van der Waals surface area contributed by atoms with E-state index in [4.69, 9.17) is 19.2 Å². The Morgan fingerprint density at radius 2 is 1.48 bits per heavy atom. The number of aromatic nitrogens is 2. The second-order valence-corrected chi connectivity index (χ2v) is 15.5. The SMILES string of the molecule is COc1ccc([C@H](CC(=O)O)N2CCN(CCCc3nc4c(cc3CNC(=O)CN3CCN(COC=O)CCN(COC=O)CCN(CC(=O)O)CC3)CCCC4)C2=O)cn1. The maximum atomic E-state index is 13.6. The molecule has 0 spiro atoms. The molecule has 3 aliphatic rings. The van der Waals surface area contributed by atoms with Gasteiger partial charge < -0.3 is 39.5 Å². The molecule has 4 heterocycles. The molecule has 3 N–H and O–H groups in total. The maximum Gasteiger partial charge on any atom is 0.320 e. The number of pyridine rings is 2. The number of hydrogen-bond donors (Lipinski definition) is 3. The Kier molecular flexibility index (Phi) is 18.4. The average Bonchev–Trinajstić information content (AvgIpc) is 3.61. The molecule has 334 valence electrons. The topological polar surface area (TPSA) is 228 Å². The summed E-state index contributed by atoms with van der Waals surface area (Å²) in [6, 6.07) is 4.63. The number of ether oxygens (including phenoxy) is 3. The summed E-state index contributed by atoms with van der Waals surface area (Å²) in [5, 5.41) is 22.4. The van der Waals surface area contributed by atoms with E-state index in [0.717, 1.165) is 42.6 Å². The van der Waals surface area contributed by atoms with Gasteiger partial charge in [-0.2, -0.15) is 0 Å². The first kappa shape index (κ1) is 46.6. The van der Waals surface area contributed by atoms with Crippen molar-refractivity contribution >= 4 is 36.8 Å². The lowest BCUT2D eigenvalue weighted by Crippen LogP contribution is -2.49. The van der Waals surface area contributed by atoms with Gasteiger partial charge in [0, 0.05) is 102 Å². The van der Waals surface area contributed by atoms with Gasteiger partial charge in [0.2, 0.25) is 11.8 Å². The number of methoxy groups -OCH3 is 1. The Balaban J connectivity index is 1.21. The summed E-state index contributed by atoms with van der Waals surface area (Å²) in [6.07, 6.45) is 6.40. The van der Waals surface area contributed by atoms with E-state index >= 15 is 0 Å². The van der Waals surface area contributed by atoms with E-state index in [1.807, 2.05) is 14.7 Å². The Hall–Kier alpha value is -5.44. The van der Waals surface area contributed by atoms with Crippen LogP contribution in [0.1, 0.15) is 59.8 Å². The number of aliphatic carboxylic acids is 2. The van der Waals surface area contributed by atoms with Crippen LogP contribution in [0.3, 0.4) is 0 Å². The third-order valence-electron chi connectivity index (χ3n) is 11.3. The van der Waals surface area contributed by atoms with Gasteiger partial charge >= 0.3 is 18.0 Å². The number of carboxylic acid groups (broad SMARTS) is 2. The molecule has 2 aromatic heterocycles. The number of fused-ring (bicyclic) bond motifs is 1. The number of carbonyl (C=O) groups is 6. The van der Waals surface area contributed by atoms with Gasteiger partial charge in [0.05, 0.1) is 32.7 Å². The lowest BCUT2D eigenvalue weighted by atomic mass is 9.93. The molecular weight excluding hydrogens is 795 g/mol. The number of hydrogen-bond acceptors (Lipinski definition) is 15. The highest BCUT2D eigenvalue weighted by Gasteiger charge is 2.35. The quantitative estimate of drug-likeness (QED) is 0.145. The first-order valence-corrected chi connectivity index (χ1v) is 20.8. The van der Waals surface area contributed by atoms with Gasteiger partial charge in [0.1, 0.15) is 13.5 Å². The lowest BCUT2D eigenvalue weighted by Gasteiger charge is -2.33. The van der Waals surface area contributed by atoms with Crippen molar-refractivity contribution in [1.29, 1.82) is 0 Å². The normalized spacial score (nSPS) is 18.0. The fourth-order valence-corrected chi connectivity index (χ4v) is 7.98. The maximum absolute atomic E-state index is 13.6. The van der Waals surface area contributed by atoms with Crippen LogP contribution in [0.5, 0.6) is 5.88 Å². The summed E-state index contributed by atoms with van der Waals surface area (Å²) < 4.78 is 15.2. The number of rotatable bonds is 21. The van der Waals surface area contributed by atoms with Crippen molar-refractivity contribution in [3.05, 3.63) is 52.5 Å². The highest BCUT2D eigenvalue weighted by molar-refractivity contribution is 5.79. The van der Waals surface area contributed by atoms with Crippen molar-refractivity contribution in [3.8, 4) is 5.88 Å². The van der Waals surface area contributed by atoms with Crippen molar-refractivity contribution in [2.45, 2.75) is 57.5 Å². The van der Waals surface area contributed by atoms with Crippen molar-refractivity contribution in [3.63, 3.8) is 0 Å². The molecule has 0 bridgehead atoms. The Morgan fingerprint density at radius 3 is 2.07 bits per heavy atom. The number of nitrogens with zero attached hydrogens (tertiary/aromatic N) is 8. The first-order valence-electron chi connectivity index (χ1n) is 20.8. The largest absolute Gasteiger partial charge is 0.481 e. The van der Waals surface area contributed by atoms with Crippen LogP contribution in [0.25, 0.3) is 0 Å². The molecule has 61 heavy (non-hydrogen) atoms. The second-order valence-electron chi connectivity index (χ2n) is 15.5. The van der Waals surface area contributed by atoms with Gasteiger partial charge in [-0.05, 0) is 55.2 Å². The van der Waals surface area contributed by atoms with Crippen LogP contribution in [0.2, 0.25) is 0 Å². The monoisotopic (exact) mass is 853 g/mol. The summed E-state index contributed by atoms with van der Waals surface area (Å²) in [5.41, 5.74) is 4.65. The van der Waals surface area contributed by atoms with Crippen molar-refractivity contribution in [2.75, 3.05) is 106 Å². The summed E-state index contributed by atoms with van der Waals surface area (Å²) in [7, 11) is 1.50. The van der Waals surface area contributed by atoms with Crippen molar-refractivity contribution < 1.29 is 53.2 Å². The molecule has 20 heteroatoms. The van der Waals surface area contributed by atoms with E-state index in [2.05, 4.69) is 16.4 Å². The van der Waals surface area contributed by atoms with E-state index in [9.17, 15) is 39.0 Å². The predicted molar refractivity (Wildman–Crippen MR) is 218 cm³/mol. The molecule has 0 radical (unpaired) electrons. The zero-order chi connectivity index (χ0) is 43.6. The summed E-state index contributed by atoms with van der Waals surface area (Å²) in [5.74, 6) is -1.81. The molecule has 2 saturated heterocycles. The van der Waals surface area contributed by atoms with Crippen LogP contribution >= 0.6 is 0 Å². The van der Waals surface area contributed by atoms with Crippen molar-refractivity contribution in [2.24, 2.45) is 0 Å². The van der Waals surface area contributed by atoms with Crippen LogP contribution in [0, 0.1) is 0 Å². The second kappa shape index (κ2) is 24.1. The lowest BCUT2D eigenvalue weighted by molar-refractivity contribution is -0.139. The van der Waals surface area contributed by atoms with Crippen molar-refractivity contribution in [1.82, 2.24) is 44.7 Å². The Bertz CT molecular complexity index is 1790. The van der Waals surface area contributed by atoms with Crippen LogP contribution in [0.4, 0.5) is 4.79 Å². The zero-order valence-corrected chi connectivity index (χ0v) is 35.0. The molecule has 2 fully saturated rings. The number of urea groups is 1. The standard InChI is InChI=1S/C41H59N9O11/c1-59-38-9-8-32(23-43-38)36(22-39(54)55)50-20-19-49(41(50)58)10-4-7-35-33(21-31-5-2-3-6-34(31)44-35)24-42-37(53)25-45-11-12-46(26-40(56)57)14-16-48(28-61-30-52)18-17-47(15-13-45)27-60-29-51/h8-9,21,23,29-30,36H,2-7,10-20,22,24-28H2,1H3,(H,42,53)(H,54,55)(H,56,57)/t36-/m0/s1. The van der Waals surface area contributed by atoms with E-state index in [1.165, 1.54) is 12.7 Å². The predicted octanol–water partition coefficient (Wildman–Crippen LogP) is 0.434. The molecule has 2 aliphatic heterocycles. The Labute approximate surface area is 355 Å². The highest BCUT2D eigenvalue weighted by Crippen LogP contribution is 2.29. The average molecular weight is 854 g/mol. The summed E-state index contributed by atoms with van der Waals surface area (Å²) in [4.78, 5) is 92.9. The van der Waals surface area contributed by atoms with Gasteiger partial charge in [0.25, 0.3) is 12.9 Å². The summed E-state index contributed by atoms with van der Waals surface area (Å²) >= 11 is 0. The van der Waals surface area contributed by atoms with E-state index in [0.29, 0.717) is 109 Å². The van der Waals surface area contributed by atoms with Gasteiger partial charge in [-0.3, -0.25) is 48.6 Å². The fraction of sp³-hybridized carbons (Fsp3) is 0.610. The highest BCUT2D eigenvalue weighted by atomic mass is 16.5. The molecule has 3 amide bonds. The van der Waals surface area contributed by atoms with E-state index < -0.39 is 18.0 Å². The number of nitrogens with one attached hydrogen (secondary N) is 1. The first-order chi connectivity index (χ1) is 29.6. The van der Waals surface area contributed by atoms with Gasteiger partial charge in [-0.15, -0.1) is 0 Å².